The van der Waals surface area contributed by atoms with Gasteiger partial charge in [0.1, 0.15) is 12.4 Å². The Hall–Kier alpha value is -2.47. The smallest absolute Gasteiger partial charge is 0.335 e. The summed E-state index contributed by atoms with van der Waals surface area (Å²) in [6.07, 6.45) is 3.57. The fraction of sp³-hybridized carbons (Fsp3) is 0.345. The van der Waals surface area contributed by atoms with Gasteiger partial charge in [0.15, 0.2) is 0 Å². The van der Waals surface area contributed by atoms with Gasteiger partial charge >= 0.3 is 5.97 Å². The number of ether oxygens (including phenoxy) is 1. The molecule has 2 aliphatic heterocycles. The van der Waals surface area contributed by atoms with Crippen LogP contribution in [-0.2, 0) is 13.0 Å². The number of fused-ring (bicyclic) bond motifs is 2. The average Bonchev–Trinajstić information content (AvgIpc) is 3.03. The van der Waals surface area contributed by atoms with Crippen LogP contribution < -0.4 is 4.74 Å². The van der Waals surface area contributed by atoms with Crippen LogP contribution in [0.2, 0.25) is 5.02 Å². The Morgan fingerprint density at radius 3 is 2.57 bits per heavy atom. The molecule has 0 bridgehead atoms. The van der Waals surface area contributed by atoms with Gasteiger partial charge in [-0.05, 0) is 85.3 Å². The van der Waals surface area contributed by atoms with Crippen molar-refractivity contribution >= 4 is 29.3 Å². The summed E-state index contributed by atoms with van der Waals surface area (Å²) in [6.45, 7) is 3.80. The third kappa shape index (κ3) is 5.85. The highest BCUT2D eigenvalue weighted by atomic mass is 35.5. The minimum atomic E-state index is -0.907. The van der Waals surface area contributed by atoms with E-state index in [1.165, 1.54) is 29.5 Å². The van der Waals surface area contributed by atoms with E-state index in [4.69, 9.17) is 16.3 Å². The number of likely N-dealkylation sites (tertiary alicyclic amines) is 1. The monoisotopic (exact) mass is 507 g/mol. The van der Waals surface area contributed by atoms with Crippen LogP contribution in [0.15, 0.2) is 66.7 Å². The Balaban J connectivity index is 1.22. The van der Waals surface area contributed by atoms with Crippen LogP contribution in [0, 0.1) is 5.92 Å². The van der Waals surface area contributed by atoms with Crippen molar-refractivity contribution in [3.05, 3.63) is 99.6 Å². The SMILES string of the molecule is O=C(O)c1ccc2c(c1)C(SCCN1CCC(Cc3ccc(Cl)cc3)CC1)c1ccccc1CO2. The van der Waals surface area contributed by atoms with E-state index >= 15 is 0 Å². The molecule has 0 radical (unpaired) electrons. The van der Waals surface area contributed by atoms with E-state index in [1.54, 1.807) is 12.1 Å². The van der Waals surface area contributed by atoms with E-state index in [-0.39, 0.29) is 5.25 Å². The summed E-state index contributed by atoms with van der Waals surface area (Å²) in [5.41, 5.74) is 5.03. The Labute approximate surface area is 216 Å². The highest BCUT2D eigenvalue weighted by Gasteiger charge is 2.27. The summed E-state index contributed by atoms with van der Waals surface area (Å²) in [7, 11) is 0. The quantitative estimate of drug-likeness (QED) is 0.385. The van der Waals surface area contributed by atoms with Gasteiger partial charge in [-0.15, -0.1) is 11.8 Å². The van der Waals surface area contributed by atoms with E-state index in [0.29, 0.717) is 12.2 Å². The molecule has 2 aliphatic rings. The maximum Gasteiger partial charge on any atom is 0.335 e. The van der Waals surface area contributed by atoms with E-state index in [1.807, 2.05) is 36.0 Å². The number of nitrogens with zero attached hydrogens (tertiary/aromatic N) is 1. The molecule has 1 fully saturated rings. The highest BCUT2D eigenvalue weighted by molar-refractivity contribution is 7.99. The van der Waals surface area contributed by atoms with Crippen molar-refractivity contribution in [2.24, 2.45) is 5.92 Å². The summed E-state index contributed by atoms with van der Waals surface area (Å²) >= 11 is 7.91. The van der Waals surface area contributed by atoms with Crippen LogP contribution in [0.3, 0.4) is 0 Å². The lowest BCUT2D eigenvalue weighted by atomic mass is 9.90. The molecule has 5 rings (SSSR count). The second kappa shape index (κ2) is 11.1. The van der Waals surface area contributed by atoms with E-state index < -0.39 is 5.97 Å². The molecule has 0 aliphatic carbocycles. The minimum Gasteiger partial charge on any atom is -0.489 e. The molecule has 4 nitrogen and oxygen atoms in total. The number of rotatable bonds is 7. The first-order valence-corrected chi connectivity index (χ1v) is 13.7. The number of aromatic carboxylic acids is 1. The molecule has 0 saturated carbocycles. The van der Waals surface area contributed by atoms with Gasteiger partial charge in [-0.3, -0.25) is 0 Å². The zero-order valence-corrected chi connectivity index (χ0v) is 21.2. The highest BCUT2D eigenvalue weighted by Crippen LogP contribution is 2.44. The third-order valence-corrected chi connectivity index (χ3v) is 8.61. The van der Waals surface area contributed by atoms with Crippen molar-refractivity contribution in [1.29, 1.82) is 0 Å². The molecule has 3 aromatic rings. The number of hydrogen-bond donors (Lipinski definition) is 1. The van der Waals surface area contributed by atoms with E-state index in [2.05, 4.69) is 35.2 Å². The number of carboxylic acid groups (broad SMARTS) is 1. The van der Waals surface area contributed by atoms with Gasteiger partial charge < -0.3 is 14.7 Å². The average molecular weight is 508 g/mol. The molecule has 1 saturated heterocycles. The van der Waals surface area contributed by atoms with Gasteiger partial charge in [-0.25, -0.2) is 4.79 Å². The maximum absolute atomic E-state index is 11.6. The van der Waals surface area contributed by atoms with E-state index in [9.17, 15) is 9.90 Å². The van der Waals surface area contributed by atoms with Crippen LogP contribution in [0.25, 0.3) is 0 Å². The number of benzene rings is 3. The molecule has 1 unspecified atom stereocenters. The minimum absolute atomic E-state index is 0.0606. The van der Waals surface area contributed by atoms with Crippen molar-refractivity contribution in [2.75, 3.05) is 25.4 Å². The van der Waals surface area contributed by atoms with E-state index in [0.717, 1.165) is 54.1 Å². The summed E-state index contributed by atoms with van der Waals surface area (Å²) in [5, 5.41) is 10.4. The standard InChI is InChI=1S/C29H30ClNO3S/c30-24-8-5-20(6-9-24)17-21-11-13-31(14-12-21)15-16-35-28-25-4-2-1-3-23(25)19-34-27-10-7-22(29(32)33)18-26(27)28/h1-10,18,21,28H,11-17,19H2,(H,32,33). The van der Waals surface area contributed by atoms with Gasteiger partial charge in [0.25, 0.3) is 0 Å². The fourth-order valence-electron chi connectivity index (χ4n) is 5.11. The lowest BCUT2D eigenvalue weighted by Gasteiger charge is -2.32. The number of halogens is 1. The molecule has 2 heterocycles. The molecule has 182 valence electrons. The van der Waals surface area contributed by atoms with Gasteiger partial charge in [0, 0.05) is 22.9 Å². The molecule has 35 heavy (non-hydrogen) atoms. The van der Waals surface area contributed by atoms with Crippen LogP contribution >= 0.6 is 23.4 Å². The van der Waals surface area contributed by atoms with Crippen LogP contribution in [0.1, 0.15) is 50.7 Å². The number of carboxylic acids is 1. The molecule has 3 aromatic carbocycles. The number of piperidine rings is 1. The van der Waals surface area contributed by atoms with Crippen molar-refractivity contribution in [1.82, 2.24) is 4.90 Å². The van der Waals surface area contributed by atoms with Crippen LogP contribution in [0.5, 0.6) is 5.75 Å². The molecule has 1 atom stereocenters. The second-order valence-corrected chi connectivity index (χ2v) is 11.1. The second-order valence-electron chi connectivity index (χ2n) is 9.41. The molecule has 6 heteroatoms. The summed E-state index contributed by atoms with van der Waals surface area (Å²) in [5.74, 6) is 1.59. The van der Waals surface area contributed by atoms with Crippen molar-refractivity contribution in [3.8, 4) is 5.75 Å². The lowest BCUT2D eigenvalue weighted by Crippen LogP contribution is -2.35. The summed E-state index contributed by atoms with van der Waals surface area (Å²) < 4.78 is 6.08. The van der Waals surface area contributed by atoms with Crippen molar-refractivity contribution in [2.45, 2.75) is 31.1 Å². The van der Waals surface area contributed by atoms with Crippen LogP contribution in [0.4, 0.5) is 0 Å². The van der Waals surface area contributed by atoms with Crippen molar-refractivity contribution in [3.63, 3.8) is 0 Å². The number of thioether (sulfide) groups is 1. The summed E-state index contributed by atoms with van der Waals surface area (Å²) in [4.78, 5) is 14.2. The molecule has 1 N–H and O–H groups in total. The Morgan fingerprint density at radius 2 is 1.80 bits per heavy atom. The first kappa shape index (κ1) is 24.2. The van der Waals surface area contributed by atoms with Gasteiger partial charge in [-0.1, -0.05) is 48.0 Å². The maximum atomic E-state index is 11.6. The normalized spacial score (nSPS) is 18.3. The molecule has 0 spiro atoms. The number of hydrogen-bond acceptors (Lipinski definition) is 4. The third-order valence-electron chi connectivity index (χ3n) is 7.10. The van der Waals surface area contributed by atoms with Gasteiger partial charge in [-0.2, -0.15) is 0 Å². The van der Waals surface area contributed by atoms with Crippen LogP contribution in [-0.4, -0.2) is 41.4 Å². The Kier molecular flexibility index (Phi) is 7.66. The predicted molar refractivity (Wildman–Crippen MR) is 143 cm³/mol. The molecular formula is C29H30ClNO3S. The molecule has 0 amide bonds. The fourth-order valence-corrected chi connectivity index (χ4v) is 6.61. The Bertz CT molecular complexity index is 1170. The first-order chi connectivity index (χ1) is 17.1. The zero-order chi connectivity index (χ0) is 24.2. The van der Waals surface area contributed by atoms with Crippen molar-refractivity contribution < 1.29 is 14.6 Å². The predicted octanol–water partition coefficient (Wildman–Crippen LogP) is 6.71. The largest absolute Gasteiger partial charge is 0.489 e. The number of carbonyl (C=O) groups is 1. The topological polar surface area (TPSA) is 49.8 Å². The lowest BCUT2D eigenvalue weighted by molar-refractivity contribution is 0.0696. The molecular weight excluding hydrogens is 478 g/mol. The first-order valence-electron chi connectivity index (χ1n) is 12.2. The summed E-state index contributed by atoms with van der Waals surface area (Å²) in [6, 6.07) is 21.9. The zero-order valence-electron chi connectivity index (χ0n) is 19.7. The van der Waals surface area contributed by atoms with Gasteiger partial charge in [0.05, 0.1) is 10.8 Å². The Morgan fingerprint density at radius 1 is 1.03 bits per heavy atom. The van der Waals surface area contributed by atoms with Gasteiger partial charge in [0.2, 0.25) is 0 Å². The molecule has 0 aromatic heterocycles.